The lowest BCUT2D eigenvalue weighted by atomic mass is 10.2. The second-order valence-corrected chi connectivity index (χ2v) is 7.61. The Bertz CT molecular complexity index is 831. The molecule has 0 spiro atoms. The van der Waals surface area contributed by atoms with Crippen LogP contribution in [0.25, 0.3) is 16.5 Å². The molecule has 0 atom stereocenters. The molecule has 2 amide bonds. The van der Waals surface area contributed by atoms with Gasteiger partial charge in [-0.25, -0.2) is 4.39 Å². The van der Waals surface area contributed by atoms with Crippen molar-refractivity contribution in [1.82, 2.24) is 10.2 Å². The molecule has 3 rings (SSSR count). The molecule has 1 aromatic carbocycles. The Kier molecular flexibility index (Phi) is 6.76. The lowest BCUT2D eigenvalue weighted by Crippen LogP contribution is -2.37. The van der Waals surface area contributed by atoms with Crippen LogP contribution in [0.5, 0.6) is 0 Å². The summed E-state index contributed by atoms with van der Waals surface area (Å²) in [7, 11) is 0. The maximum Gasteiger partial charge on any atom is 0.244 e. The molecule has 142 valence electrons. The molecule has 0 aliphatic carbocycles. The van der Waals surface area contributed by atoms with Crippen LogP contribution < -0.4 is 5.32 Å². The molecule has 4 nitrogen and oxygen atoms in total. The van der Waals surface area contributed by atoms with Gasteiger partial charge in [0.05, 0.1) is 0 Å². The van der Waals surface area contributed by atoms with Gasteiger partial charge in [-0.1, -0.05) is 24.6 Å². The zero-order valence-electron chi connectivity index (χ0n) is 15.1. The Morgan fingerprint density at radius 2 is 2.04 bits per heavy atom. The first-order valence-corrected chi connectivity index (χ1v) is 10.0. The van der Waals surface area contributed by atoms with Gasteiger partial charge >= 0.3 is 0 Å². The number of hydrogen-bond acceptors (Lipinski definition) is 3. The highest BCUT2D eigenvalue weighted by molar-refractivity contribution is 7.16. The fraction of sp³-hybridized carbons (Fsp3) is 0.333. The average Bonchev–Trinajstić information content (AvgIpc) is 3.04. The SMILES string of the molecule is O=C(/C=C/c1ccc(-c2ccccc2F)s1)NCCN1CCCCCC1=O. The molecule has 0 saturated carbocycles. The Morgan fingerprint density at radius 3 is 2.89 bits per heavy atom. The molecular weight excluding hydrogens is 363 g/mol. The van der Waals surface area contributed by atoms with E-state index in [2.05, 4.69) is 5.32 Å². The van der Waals surface area contributed by atoms with E-state index >= 15 is 0 Å². The van der Waals surface area contributed by atoms with Crippen molar-refractivity contribution < 1.29 is 14.0 Å². The molecule has 1 N–H and O–H groups in total. The molecule has 27 heavy (non-hydrogen) atoms. The van der Waals surface area contributed by atoms with Crippen molar-refractivity contribution in [3.05, 3.63) is 53.2 Å². The monoisotopic (exact) mass is 386 g/mol. The van der Waals surface area contributed by atoms with E-state index in [1.54, 1.807) is 24.3 Å². The van der Waals surface area contributed by atoms with Crippen molar-refractivity contribution in [3.63, 3.8) is 0 Å². The third-order valence-corrected chi connectivity index (χ3v) is 5.60. The molecule has 0 unspecified atom stereocenters. The third-order valence-electron chi connectivity index (χ3n) is 4.52. The Balaban J connectivity index is 1.49. The minimum absolute atomic E-state index is 0.177. The summed E-state index contributed by atoms with van der Waals surface area (Å²) in [6, 6.07) is 10.4. The summed E-state index contributed by atoms with van der Waals surface area (Å²) in [5, 5.41) is 2.81. The first-order valence-electron chi connectivity index (χ1n) is 9.22. The molecule has 1 fully saturated rings. The predicted octanol–water partition coefficient (Wildman–Crippen LogP) is 4.09. The normalized spacial score (nSPS) is 15.1. The van der Waals surface area contributed by atoms with Crippen LogP contribution in [0.15, 0.2) is 42.5 Å². The fourth-order valence-electron chi connectivity index (χ4n) is 3.05. The number of rotatable bonds is 6. The number of nitrogens with zero attached hydrogens (tertiary/aromatic N) is 1. The van der Waals surface area contributed by atoms with Crippen molar-refractivity contribution in [2.24, 2.45) is 0 Å². The van der Waals surface area contributed by atoms with Crippen molar-refractivity contribution in [2.45, 2.75) is 25.7 Å². The van der Waals surface area contributed by atoms with Gasteiger partial charge in [-0.2, -0.15) is 0 Å². The number of likely N-dealkylation sites (tertiary alicyclic amines) is 1. The highest BCUT2D eigenvalue weighted by atomic mass is 32.1. The first-order chi connectivity index (χ1) is 13.1. The molecule has 2 aromatic rings. The van der Waals surface area contributed by atoms with Crippen LogP contribution in [0.4, 0.5) is 4.39 Å². The maximum absolute atomic E-state index is 13.8. The number of hydrogen-bond donors (Lipinski definition) is 1. The zero-order valence-corrected chi connectivity index (χ0v) is 15.9. The van der Waals surface area contributed by atoms with Crippen molar-refractivity contribution >= 4 is 29.2 Å². The van der Waals surface area contributed by atoms with Gasteiger partial charge in [0.1, 0.15) is 5.82 Å². The van der Waals surface area contributed by atoms with Crippen LogP contribution in [-0.4, -0.2) is 36.3 Å². The van der Waals surface area contributed by atoms with E-state index in [1.807, 2.05) is 17.0 Å². The second-order valence-electron chi connectivity index (χ2n) is 6.50. The summed E-state index contributed by atoms with van der Waals surface area (Å²) in [5.74, 6) is -0.273. The van der Waals surface area contributed by atoms with Crippen LogP contribution in [0.3, 0.4) is 0 Å². The van der Waals surface area contributed by atoms with Gasteiger partial charge in [-0.15, -0.1) is 11.3 Å². The lowest BCUT2D eigenvalue weighted by molar-refractivity contribution is -0.131. The van der Waals surface area contributed by atoms with Crippen LogP contribution in [0.2, 0.25) is 0 Å². The fourth-order valence-corrected chi connectivity index (χ4v) is 3.99. The van der Waals surface area contributed by atoms with E-state index < -0.39 is 0 Å². The van der Waals surface area contributed by atoms with E-state index in [0.717, 1.165) is 35.6 Å². The first kappa shape index (κ1) is 19.3. The standard InChI is InChI=1S/C21H23FN2O2S/c22-18-7-4-3-6-17(18)19-11-9-16(27-19)10-12-20(25)23-13-15-24-14-5-1-2-8-21(24)26/h3-4,6-7,9-12H,1-2,5,8,13-15H2,(H,23,25)/b12-10+. The van der Waals surface area contributed by atoms with E-state index in [4.69, 9.17) is 0 Å². The van der Waals surface area contributed by atoms with Crippen molar-refractivity contribution in [2.75, 3.05) is 19.6 Å². The Hall–Kier alpha value is -2.47. The van der Waals surface area contributed by atoms with Crippen LogP contribution >= 0.6 is 11.3 Å². The minimum atomic E-state index is -0.254. The smallest absolute Gasteiger partial charge is 0.244 e. The summed E-state index contributed by atoms with van der Waals surface area (Å²) in [5.41, 5.74) is 0.564. The second kappa shape index (κ2) is 9.46. The predicted molar refractivity (Wildman–Crippen MR) is 107 cm³/mol. The number of nitrogens with one attached hydrogen (secondary N) is 1. The van der Waals surface area contributed by atoms with Crippen LogP contribution in [0, 0.1) is 5.82 Å². The minimum Gasteiger partial charge on any atom is -0.351 e. The van der Waals surface area contributed by atoms with Gasteiger partial charge in [0, 0.05) is 47.4 Å². The molecule has 0 radical (unpaired) electrons. The van der Waals surface area contributed by atoms with Gasteiger partial charge in [0.25, 0.3) is 0 Å². The zero-order chi connectivity index (χ0) is 19.1. The van der Waals surface area contributed by atoms with Crippen LogP contribution in [-0.2, 0) is 9.59 Å². The van der Waals surface area contributed by atoms with E-state index in [9.17, 15) is 14.0 Å². The van der Waals surface area contributed by atoms with Gasteiger partial charge < -0.3 is 10.2 Å². The summed E-state index contributed by atoms with van der Waals surface area (Å²) in [6.45, 7) is 1.77. The molecule has 6 heteroatoms. The van der Waals surface area contributed by atoms with Gasteiger partial charge in [-0.3, -0.25) is 9.59 Å². The summed E-state index contributed by atoms with van der Waals surface area (Å²) < 4.78 is 13.8. The Labute approximate surface area is 162 Å². The quantitative estimate of drug-likeness (QED) is 0.761. The van der Waals surface area contributed by atoms with E-state index in [-0.39, 0.29) is 17.6 Å². The molecular formula is C21H23FN2O2S. The number of amides is 2. The number of benzene rings is 1. The molecule has 2 heterocycles. The molecule has 1 aromatic heterocycles. The van der Waals surface area contributed by atoms with E-state index in [1.165, 1.54) is 23.5 Å². The van der Waals surface area contributed by atoms with Gasteiger partial charge in [0.15, 0.2) is 0 Å². The van der Waals surface area contributed by atoms with E-state index in [0.29, 0.717) is 25.1 Å². The number of thiophene rings is 1. The molecule has 0 bridgehead atoms. The summed E-state index contributed by atoms with van der Waals surface area (Å²) >= 11 is 1.43. The summed E-state index contributed by atoms with van der Waals surface area (Å²) in [6.07, 6.45) is 6.88. The van der Waals surface area contributed by atoms with Crippen molar-refractivity contribution in [3.8, 4) is 10.4 Å². The van der Waals surface area contributed by atoms with Gasteiger partial charge in [-0.05, 0) is 37.1 Å². The van der Waals surface area contributed by atoms with Crippen LogP contribution in [0.1, 0.15) is 30.6 Å². The Morgan fingerprint density at radius 1 is 1.19 bits per heavy atom. The highest BCUT2D eigenvalue weighted by Gasteiger charge is 2.15. The van der Waals surface area contributed by atoms with Gasteiger partial charge in [0.2, 0.25) is 11.8 Å². The lowest BCUT2D eigenvalue weighted by Gasteiger charge is -2.20. The maximum atomic E-state index is 13.8. The molecule has 1 saturated heterocycles. The summed E-state index contributed by atoms with van der Waals surface area (Å²) in [4.78, 5) is 27.4. The number of halogens is 1. The molecule has 1 aliphatic rings. The number of carbonyl (C=O) groups excluding carboxylic acids is 2. The number of carbonyl (C=O) groups is 2. The topological polar surface area (TPSA) is 49.4 Å². The van der Waals surface area contributed by atoms with Crippen molar-refractivity contribution in [1.29, 1.82) is 0 Å². The molecule has 1 aliphatic heterocycles. The third kappa shape index (κ3) is 5.50. The largest absolute Gasteiger partial charge is 0.351 e. The highest BCUT2D eigenvalue weighted by Crippen LogP contribution is 2.30. The average molecular weight is 386 g/mol.